The van der Waals surface area contributed by atoms with Gasteiger partial charge < -0.3 is 11.1 Å². The lowest BCUT2D eigenvalue weighted by Gasteiger charge is -2.38. The lowest BCUT2D eigenvalue weighted by atomic mass is 9.94. The molecule has 1 aliphatic rings. The van der Waals surface area contributed by atoms with Crippen molar-refractivity contribution in [3.05, 3.63) is 29.8 Å². The largest absolute Gasteiger partial charge is 0.370 e. The number of rotatable bonds is 5. The van der Waals surface area contributed by atoms with Crippen molar-refractivity contribution in [3.63, 3.8) is 0 Å². The van der Waals surface area contributed by atoms with Gasteiger partial charge in [0.2, 0.25) is 0 Å². The van der Waals surface area contributed by atoms with Gasteiger partial charge in [0.1, 0.15) is 0 Å². The molecule has 1 aromatic carbocycles. The van der Waals surface area contributed by atoms with Crippen molar-refractivity contribution in [2.45, 2.75) is 46.6 Å². The summed E-state index contributed by atoms with van der Waals surface area (Å²) in [5.74, 6) is 1.95. The molecule has 1 fully saturated rings. The van der Waals surface area contributed by atoms with Gasteiger partial charge in [0.15, 0.2) is 5.96 Å². The monoisotopic (exact) mass is 444 g/mol. The Morgan fingerprint density at radius 1 is 1.33 bits per heavy atom. The van der Waals surface area contributed by atoms with E-state index in [1.807, 2.05) is 12.1 Å². The third-order valence-electron chi connectivity index (χ3n) is 4.80. The van der Waals surface area contributed by atoms with Gasteiger partial charge in [-0.15, -0.1) is 24.0 Å². The highest BCUT2D eigenvalue weighted by Gasteiger charge is 2.25. The van der Waals surface area contributed by atoms with Crippen LogP contribution in [0.15, 0.2) is 29.3 Å². The van der Waals surface area contributed by atoms with Crippen LogP contribution in [0.4, 0.5) is 5.69 Å². The fourth-order valence-corrected chi connectivity index (χ4v) is 3.21. The van der Waals surface area contributed by atoms with Crippen LogP contribution >= 0.6 is 24.0 Å². The van der Waals surface area contributed by atoms with Crippen LogP contribution in [0, 0.1) is 18.8 Å². The first-order valence-corrected chi connectivity index (χ1v) is 8.83. The van der Waals surface area contributed by atoms with Gasteiger partial charge >= 0.3 is 0 Å². The Bertz CT molecular complexity index is 522. The number of hydrogen-bond acceptors (Lipinski definition) is 2. The minimum absolute atomic E-state index is 0. The normalized spacial score (nSPS) is 18.3. The highest BCUT2D eigenvalue weighted by atomic mass is 127. The Labute approximate surface area is 164 Å². The Morgan fingerprint density at radius 2 is 2.00 bits per heavy atom. The molecule has 0 bridgehead atoms. The van der Waals surface area contributed by atoms with E-state index in [9.17, 15) is 0 Å². The molecule has 5 heteroatoms. The Hall–Kier alpha value is -0.820. The number of nitrogens with two attached hydrogens (primary N) is 1. The number of guanidine groups is 1. The number of halogens is 1. The van der Waals surface area contributed by atoms with E-state index in [0.29, 0.717) is 17.9 Å². The summed E-state index contributed by atoms with van der Waals surface area (Å²) in [5.41, 5.74) is 8.29. The van der Waals surface area contributed by atoms with Crippen LogP contribution in [0.3, 0.4) is 0 Å². The van der Waals surface area contributed by atoms with Crippen LogP contribution in [0.5, 0.6) is 0 Å². The van der Waals surface area contributed by atoms with Gasteiger partial charge in [0.05, 0.1) is 6.54 Å². The smallest absolute Gasteiger partial charge is 0.193 e. The van der Waals surface area contributed by atoms with Crippen LogP contribution in [0.1, 0.15) is 39.2 Å². The number of nitrogens with zero attached hydrogens (tertiary/aromatic N) is 2. The predicted molar refractivity (Wildman–Crippen MR) is 115 cm³/mol. The molecule has 0 spiro atoms. The highest BCUT2D eigenvalue weighted by Crippen LogP contribution is 2.21. The number of anilines is 1. The number of aryl methyl sites for hydroxylation is 1. The van der Waals surface area contributed by atoms with Crippen molar-refractivity contribution in [2.24, 2.45) is 22.6 Å². The summed E-state index contributed by atoms with van der Waals surface area (Å²) in [7, 11) is 0. The zero-order valence-electron chi connectivity index (χ0n) is 15.5. The average Bonchev–Trinajstić information content (AvgIpc) is 2.49. The van der Waals surface area contributed by atoms with Gasteiger partial charge in [-0.1, -0.05) is 32.9 Å². The van der Waals surface area contributed by atoms with E-state index in [4.69, 9.17) is 5.73 Å². The topological polar surface area (TPSA) is 53.6 Å². The summed E-state index contributed by atoms with van der Waals surface area (Å²) >= 11 is 0. The summed E-state index contributed by atoms with van der Waals surface area (Å²) in [5, 5.41) is 3.20. The predicted octanol–water partition coefficient (Wildman–Crippen LogP) is 4.10. The van der Waals surface area contributed by atoms with Gasteiger partial charge in [-0.3, -0.25) is 9.89 Å². The third kappa shape index (κ3) is 6.59. The number of piperidine rings is 1. The molecule has 4 nitrogen and oxygen atoms in total. The Kier molecular flexibility index (Phi) is 9.05. The van der Waals surface area contributed by atoms with E-state index in [1.54, 1.807) is 0 Å². The lowest BCUT2D eigenvalue weighted by molar-refractivity contribution is 0.113. The van der Waals surface area contributed by atoms with Crippen molar-refractivity contribution >= 4 is 35.6 Å². The molecule has 1 unspecified atom stereocenters. The van der Waals surface area contributed by atoms with Gasteiger partial charge in [-0.05, 0) is 62.4 Å². The van der Waals surface area contributed by atoms with E-state index in [-0.39, 0.29) is 24.0 Å². The minimum Gasteiger partial charge on any atom is -0.370 e. The standard InChI is InChI=1S/C19H32N4.HI/c1-14(2)18(23-10-8-15(3)9-11-23)13-21-19(20)22-17-7-5-6-16(4)12-17;/h5-7,12,14-15,18H,8-11,13H2,1-4H3,(H3,20,21,22);1H. The van der Waals surface area contributed by atoms with E-state index >= 15 is 0 Å². The number of benzene rings is 1. The summed E-state index contributed by atoms with van der Waals surface area (Å²) < 4.78 is 0. The van der Waals surface area contributed by atoms with Gasteiger partial charge in [0.25, 0.3) is 0 Å². The number of likely N-dealkylation sites (tertiary alicyclic amines) is 1. The molecule has 2 rings (SSSR count). The summed E-state index contributed by atoms with van der Waals surface area (Å²) in [6, 6.07) is 8.66. The van der Waals surface area contributed by atoms with Crippen molar-refractivity contribution in [1.29, 1.82) is 0 Å². The molecule has 1 aliphatic heterocycles. The summed E-state index contributed by atoms with van der Waals surface area (Å²) in [4.78, 5) is 7.20. The van der Waals surface area contributed by atoms with Crippen LogP contribution in [0.25, 0.3) is 0 Å². The van der Waals surface area contributed by atoms with E-state index < -0.39 is 0 Å². The van der Waals surface area contributed by atoms with E-state index in [0.717, 1.165) is 18.2 Å². The second-order valence-electron chi connectivity index (χ2n) is 7.25. The van der Waals surface area contributed by atoms with Crippen molar-refractivity contribution < 1.29 is 0 Å². The fraction of sp³-hybridized carbons (Fsp3) is 0.632. The first-order chi connectivity index (χ1) is 11.0. The maximum absolute atomic E-state index is 6.08. The molecule has 1 heterocycles. The lowest BCUT2D eigenvalue weighted by Crippen LogP contribution is -2.45. The summed E-state index contributed by atoms with van der Waals surface area (Å²) in [6.07, 6.45) is 2.59. The van der Waals surface area contributed by atoms with Crippen LogP contribution in [-0.2, 0) is 0 Å². The second-order valence-corrected chi connectivity index (χ2v) is 7.25. The molecular formula is C19H33IN4. The third-order valence-corrected chi connectivity index (χ3v) is 4.80. The quantitative estimate of drug-likeness (QED) is 0.409. The zero-order valence-corrected chi connectivity index (χ0v) is 17.8. The zero-order chi connectivity index (χ0) is 16.8. The highest BCUT2D eigenvalue weighted by molar-refractivity contribution is 14.0. The van der Waals surface area contributed by atoms with Crippen molar-refractivity contribution in [2.75, 3.05) is 25.0 Å². The SMILES string of the molecule is Cc1cccc(NC(N)=NCC(C(C)C)N2CCC(C)CC2)c1.I. The van der Waals surface area contributed by atoms with Gasteiger partial charge in [0, 0.05) is 11.7 Å². The fourth-order valence-electron chi connectivity index (χ4n) is 3.21. The molecule has 0 aromatic heterocycles. The molecule has 1 atom stereocenters. The van der Waals surface area contributed by atoms with Gasteiger partial charge in [-0.2, -0.15) is 0 Å². The first-order valence-electron chi connectivity index (χ1n) is 8.83. The molecular weight excluding hydrogens is 411 g/mol. The van der Waals surface area contributed by atoms with Crippen LogP contribution < -0.4 is 11.1 Å². The van der Waals surface area contributed by atoms with E-state index in [2.05, 4.69) is 55.0 Å². The van der Waals surface area contributed by atoms with Crippen molar-refractivity contribution in [1.82, 2.24) is 4.90 Å². The molecule has 1 aromatic rings. The molecule has 0 saturated carbocycles. The molecule has 1 saturated heterocycles. The van der Waals surface area contributed by atoms with Gasteiger partial charge in [-0.25, -0.2) is 0 Å². The molecule has 3 N–H and O–H groups in total. The first kappa shape index (κ1) is 21.2. The number of aliphatic imine (C=N–C) groups is 1. The second kappa shape index (κ2) is 10.2. The average molecular weight is 444 g/mol. The van der Waals surface area contributed by atoms with E-state index in [1.165, 1.54) is 31.5 Å². The molecule has 24 heavy (non-hydrogen) atoms. The maximum atomic E-state index is 6.08. The molecule has 0 amide bonds. The maximum Gasteiger partial charge on any atom is 0.193 e. The Morgan fingerprint density at radius 3 is 2.58 bits per heavy atom. The van der Waals surface area contributed by atoms with Crippen molar-refractivity contribution in [3.8, 4) is 0 Å². The number of nitrogens with one attached hydrogen (secondary N) is 1. The molecule has 0 radical (unpaired) electrons. The minimum atomic E-state index is 0. The molecule has 136 valence electrons. The molecule has 0 aliphatic carbocycles. The Balaban J connectivity index is 0.00000288. The number of hydrogen-bond donors (Lipinski definition) is 2. The summed E-state index contributed by atoms with van der Waals surface area (Å²) in [6.45, 7) is 12.1. The van der Waals surface area contributed by atoms with Crippen LogP contribution in [0.2, 0.25) is 0 Å². The van der Waals surface area contributed by atoms with Crippen LogP contribution in [-0.4, -0.2) is 36.5 Å².